The summed E-state index contributed by atoms with van der Waals surface area (Å²) in [4.78, 5) is 5.11. The highest BCUT2D eigenvalue weighted by molar-refractivity contribution is 5.74. The summed E-state index contributed by atoms with van der Waals surface area (Å²) in [5.74, 6) is -0.809. The van der Waals surface area contributed by atoms with E-state index >= 15 is 4.39 Å². The summed E-state index contributed by atoms with van der Waals surface area (Å²) in [6.07, 6.45) is -1.53. The van der Waals surface area contributed by atoms with Crippen LogP contribution in [0.15, 0.2) is 42.5 Å². The zero-order valence-electron chi connectivity index (χ0n) is 21.9. The van der Waals surface area contributed by atoms with Gasteiger partial charge in [0, 0.05) is 34.9 Å². The van der Waals surface area contributed by atoms with Crippen molar-refractivity contribution in [3.8, 4) is 22.6 Å². The first kappa shape index (κ1) is 26.1. The summed E-state index contributed by atoms with van der Waals surface area (Å²) >= 11 is 0. The van der Waals surface area contributed by atoms with Crippen LogP contribution in [0.3, 0.4) is 0 Å². The second kappa shape index (κ2) is 9.51. The van der Waals surface area contributed by atoms with Crippen LogP contribution in [-0.2, 0) is 12.8 Å². The predicted molar refractivity (Wildman–Crippen MR) is 138 cm³/mol. The maximum atomic E-state index is 16.3. The number of hydrogen-bond donors (Lipinski definition) is 1. The van der Waals surface area contributed by atoms with Crippen LogP contribution in [0.5, 0.6) is 11.5 Å². The molecular weight excluding hydrogens is 510 g/mol. The van der Waals surface area contributed by atoms with Gasteiger partial charge >= 0.3 is 6.29 Å². The van der Waals surface area contributed by atoms with Crippen molar-refractivity contribution < 1.29 is 32.1 Å². The highest BCUT2D eigenvalue weighted by Gasteiger charge is 2.45. The molecule has 39 heavy (non-hydrogen) atoms. The summed E-state index contributed by atoms with van der Waals surface area (Å²) in [5, 5.41) is 11.4. The van der Waals surface area contributed by atoms with Crippen LogP contribution < -0.4 is 9.47 Å². The van der Waals surface area contributed by atoms with Gasteiger partial charge in [-0.2, -0.15) is 0 Å². The van der Waals surface area contributed by atoms with Gasteiger partial charge in [-0.3, -0.25) is 4.98 Å². The Bertz CT molecular complexity index is 1400. The van der Waals surface area contributed by atoms with Crippen LogP contribution in [0.1, 0.15) is 92.2 Å². The van der Waals surface area contributed by atoms with Crippen LogP contribution in [0.4, 0.5) is 17.6 Å². The standard InChI is InChI=1S/C31H31F4NO3/c1-30(2)15-23-27(24(37)16-30)26(17-10-12-19(32)13-11-17)21(28(36-23)18-6-3-4-7-18)14-22(33)20-8-5-9-25-29(20)39-31(34,35)38-25/h5,8-13,18,22,24,37H,3-4,6-7,14-16H2,1-2H3. The normalized spacial score (nSPS) is 22.1. The van der Waals surface area contributed by atoms with Crippen molar-refractivity contribution in [3.63, 3.8) is 0 Å². The number of pyridine rings is 1. The fourth-order valence-electron chi connectivity index (χ4n) is 6.57. The molecule has 4 nitrogen and oxygen atoms in total. The molecule has 0 amide bonds. The van der Waals surface area contributed by atoms with Gasteiger partial charge in [-0.05, 0) is 66.0 Å². The van der Waals surface area contributed by atoms with Crippen LogP contribution >= 0.6 is 0 Å². The molecule has 2 unspecified atom stereocenters. The number of rotatable bonds is 5. The second-order valence-corrected chi connectivity index (χ2v) is 11.8. The Balaban J connectivity index is 1.54. The average molecular weight is 542 g/mol. The molecule has 2 heterocycles. The minimum Gasteiger partial charge on any atom is -0.395 e. The molecule has 3 aromatic rings. The summed E-state index contributed by atoms with van der Waals surface area (Å²) in [6.45, 7) is 4.18. The third-order valence-electron chi connectivity index (χ3n) is 8.23. The van der Waals surface area contributed by atoms with Gasteiger partial charge in [0.2, 0.25) is 0 Å². The Morgan fingerprint density at radius 1 is 1.05 bits per heavy atom. The third-order valence-corrected chi connectivity index (χ3v) is 8.23. The van der Waals surface area contributed by atoms with Crippen molar-refractivity contribution in [2.45, 2.75) is 83.3 Å². The second-order valence-electron chi connectivity index (χ2n) is 11.8. The number of ether oxygens (including phenoxy) is 2. The number of para-hydroxylation sites is 1. The van der Waals surface area contributed by atoms with Crippen LogP contribution in [0.2, 0.25) is 0 Å². The van der Waals surface area contributed by atoms with Gasteiger partial charge < -0.3 is 14.6 Å². The zero-order valence-corrected chi connectivity index (χ0v) is 21.9. The van der Waals surface area contributed by atoms with E-state index in [-0.39, 0.29) is 34.8 Å². The molecule has 1 N–H and O–H groups in total. The highest BCUT2D eigenvalue weighted by atomic mass is 19.3. The van der Waals surface area contributed by atoms with Crippen molar-refractivity contribution in [1.29, 1.82) is 0 Å². The van der Waals surface area contributed by atoms with Gasteiger partial charge in [-0.15, -0.1) is 8.78 Å². The third kappa shape index (κ3) is 4.88. The molecule has 1 aliphatic heterocycles. The van der Waals surface area contributed by atoms with E-state index in [2.05, 4.69) is 23.3 Å². The maximum Gasteiger partial charge on any atom is 0.586 e. The molecule has 6 rings (SSSR count). The van der Waals surface area contributed by atoms with Crippen molar-refractivity contribution in [2.75, 3.05) is 0 Å². The molecule has 1 fully saturated rings. The fourth-order valence-corrected chi connectivity index (χ4v) is 6.57. The van der Waals surface area contributed by atoms with E-state index < -0.39 is 24.4 Å². The number of benzene rings is 2. The first-order chi connectivity index (χ1) is 18.5. The van der Waals surface area contributed by atoms with E-state index in [0.29, 0.717) is 35.1 Å². The number of halogens is 4. The van der Waals surface area contributed by atoms with E-state index in [1.54, 1.807) is 12.1 Å². The summed E-state index contributed by atoms with van der Waals surface area (Å²) < 4.78 is 67.2. The van der Waals surface area contributed by atoms with E-state index in [1.165, 1.54) is 30.3 Å². The molecule has 2 atom stereocenters. The molecule has 3 aliphatic rings. The van der Waals surface area contributed by atoms with Crippen LogP contribution in [0, 0.1) is 11.2 Å². The van der Waals surface area contributed by atoms with Gasteiger partial charge in [0.05, 0.1) is 6.10 Å². The Morgan fingerprint density at radius 3 is 2.49 bits per heavy atom. The summed E-state index contributed by atoms with van der Waals surface area (Å²) in [6, 6.07) is 10.2. The lowest BCUT2D eigenvalue weighted by Gasteiger charge is -2.37. The molecule has 2 aliphatic carbocycles. The first-order valence-corrected chi connectivity index (χ1v) is 13.5. The number of aliphatic hydroxyl groups is 1. The number of nitrogens with zero attached hydrogens (tertiary/aromatic N) is 1. The number of alkyl halides is 3. The number of aromatic nitrogens is 1. The molecule has 1 aromatic heterocycles. The SMILES string of the molecule is CC1(C)Cc2nc(C3CCCC3)c(CC(F)c3cccc4c3OC(F)(F)O4)c(-c3ccc(F)cc3)c2C(O)C1. The van der Waals surface area contributed by atoms with Crippen molar-refractivity contribution in [1.82, 2.24) is 4.98 Å². The molecule has 2 aromatic carbocycles. The Kier molecular flexibility index (Phi) is 6.36. The van der Waals surface area contributed by atoms with Gasteiger partial charge in [0.25, 0.3) is 0 Å². The first-order valence-electron chi connectivity index (χ1n) is 13.5. The summed E-state index contributed by atoms with van der Waals surface area (Å²) in [7, 11) is 0. The lowest BCUT2D eigenvalue weighted by molar-refractivity contribution is -0.287. The van der Waals surface area contributed by atoms with E-state index in [9.17, 15) is 18.3 Å². The van der Waals surface area contributed by atoms with Gasteiger partial charge in [0.1, 0.15) is 12.0 Å². The zero-order chi connectivity index (χ0) is 27.5. The largest absolute Gasteiger partial charge is 0.586 e. The lowest BCUT2D eigenvalue weighted by Crippen LogP contribution is -2.29. The molecule has 0 spiro atoms. The average Bonchev–Trinajstić information content (AvgIpc) is 3.50. The molecule has 0 saturated heterocycles. The van der Waals surface area contributed by atoms with Gasteiger partial charge in [0.15, 0.2) is 11.5 Å². The molecule has 0 radical (unpaired) electrons. The topological polar surface area (TPSA) is 51.6 Å². The van der Waals surface area contributed by atoms with Gasteiger partial charge in [-0.1, -0.05) is 51.0 Å². The van der Waals surface area contributed by atoms with Gasteiger partial charge in [-0.25, -0.2) is 8.78 Å². The Labute approximate surface area is 225 Å². The van der Waals surface area contributed by atoms with Crippen molar-refractivity contribution in [3.05, 3.63) is 76.4 Å². The number of hydrogen-bond acceptors (Lipinski definition) is 4. The minimum atomic E-state index is -3.86. The predicted octanol–water partition coefficient (Wildman–Crippen LogP) is 8.13. The molecule has 0 bridgehead atoms. The monoisotopic (exact) mass is 541 g/mol. The summed E-state index contributed by atoms with van der Waals surface area (Å²) in [5.41, 5.74) is 3.97. The maximum absolute atomic E-state index is 16.3. The Hall–Kier alpha value is -3.13. The fraction of sp³-hybridized carbons (Fsp3) is 0.452. The minimum absolute atomic E-state index is 0.0356. The molecule has 8 heteroatoms. The smallest absolute Gasteiger partial charge is 0.395 e. The molecule has 1 saturated carbocycles. The van der Waals surface area contributed by atoms with Crippen molar-refractivity contribution >= 4 is 0 Å². The van der Waals surface area contributed by atoms with Crippen LogP contribution in [0.25, 0.3) is 11.1 Å². The Morgan fingerprint density at radius 2 is 1.77 bits per heavy atom. The molecule has 206 valence electrons. The number of fused-ring (bicyclic) bond motifs is 2. The quantitative estimate of drug-likeness (QED) is 0.332. The lowest BCUT2D eigenvalue weighted by atomic mass is 9.71. The highest BCUT2D eigenvalue weighted by Crippen LogP contribution is 2.51. The molecular formula is C31H31F4NO3. The van der Waals surface area contributed by atoms with E-state index in [0.717, 1.165) is 37.1 Å². The number of aliphatic hydroxyl groups excluding tert-OH is 1. The van der Waals surface area contributed by atoms with E-state index in [4.69, 9.17) is 4.98 Å². The van der Waals surface area contributed by atoms with Crippen molar-refractivity contribution in [2.24, 2.45) is 5.41 Å². The van der Waals surface area contributed by atoms with Crippen LogP contribution in [-0.4, -0.2) is 16.4 Å². The van der Waals surface area contributed by atoms with E-state index in [1.807, 2.05) is 0 Å².